The summed E-state index contributed by atoms with van der Waals surface area (Å²) in [5.41, 5.74) is 1.18. The van der Waals surface area contributed by atoms with E-state index >= 15 is 0 Å². The predicted octanol–water partition coefficient (Wildman–Crippen LogP) is 3.54. The lowest BCUT2D eigenvalue weighted by Crippen LogP contribution is -2.36. The molecular formula is C21H17FN4O2S. The Morgan fingerprint density at radius 1 is 1.31 bits per heavy atom. The number of carbonyl (C=O) groups excluding carboxylic acids is 1. The number of H-pyrrole nitrogens is 1. The zero-order chi connectivity index (χ0) is 20.2. The molecule has 0 saturated carbocycles. The number of fused-ring (bicyclic) bond motifs is 1. The minimum absolute atomic E-state index is 0.303. The summed E-state index contributed by atoms with van der Waals surface area (Å²) in [6.07, 6.45) is 1.95. The van der Waals surface area contributed by atoms with Crippen LogP contribution in [-0.2, 0) is 10.4 Å². The summed E-state index contributed by atoms with van der Waals surface area (Å²) in [4.78, 5) is 25.3. The summed E-state index contributed by atoms with van der Waals surface area (Å²) in [6.45, 7) is 0.509. The zero-order valence-electron chi connectivity index (χ0n) is 15.5. The second kappa shape index (κ2) is 6.47. The van der Waals surface area contributed by atoms with E-state index in [9.17, 15) is 14.3 Å². The van der Waals surface area contributed by atoms with Crippen molar-refractivity contribution in [3.05, 3.63) is 59.5 Å². The maximum atomic E-state index is 14.5. The standard InChI is InChI=1S/C21H17FN4O2S/c1-26-9-7-21(28,20(26)27)13-5-2-4-12(10-13)19-24-15(11-29-19)16-14-6-3-8-23-18(14)25-17(16)22/h2-6,8,10-11,28H,7,9H2,1H3,(H,23,25). The van der Waals surface area contributed by atoms with Crippen molar-refractivity contribution >= 4 is 28.3 Å². The number of aliphatic hydroxyl groups is 1. The third-order valence-electron chi connectivity index (χ3n) is 5.38. The second-order valence-electron chi connectivity index (χ2n) is 7.17. The third kappa shape index (κ3) is 2.75. The predicted molar refractivity (Wildman–Crippen MR) is 109 cm³/mol. The van der Waals surface area contributed by atoms with Crippen molar-refractivity contribution in [1.29, 1.82) is 0 Å². The maximum absolute atomic E-state index is 14.5. The Morgan fingerprint density at radius 3 is 2.97 bits per heavy atom. The van der Waals surface area contributed by atoms with Gasteiger partial charge in [-0.25, -0.2) is 9.97 Å². The normalized spacial score (nSPS) is 19.4. The number of aromatic nitrogens is 3. The van der Waals surface area contributed by atoms with Gasteiger partial charge in [-0.2, -0.15) is 4.39 Å². The number of thiazole rings is 1. The van der Waals surface area contributed by atoms with Gasteiger partial charge in [0, 0.05) is 42.5 Å². The minimum Gasteiger partial charge on any atom is -0.375 e. The van der Waals surface area contributed by atoms with Crippen LogP contribution in [-0.4, -0.2) is 44.5 Å². The summed E-state index contributed by atoms with van der Waals surface area (Å²) >= 11 is 1.38. The number of halogens is 1. The monoisotopic (exact) mass is 408 g/mol. The van der Waals surface area contributed by atoms with Crippen molar-refractivity contribution in [2.45, 2.75) is 12.0 Å². The van der Waals surface area contributed by atoms with Gasteiger partial charge in [-0.3, -0.25) is 4.79 Å². The molecule has 1 fully saturated rings. The third-order valence-corrected chi connectivity index (χ3v) is 6.27. The molecule has 3 aromatic heterocycles. The fourth-order valence-corrected chi connectivity index (χ4v) is 4.60. The van der Waals surface area contributed by atoms with Gasteiger partial charge in [0.1, 0.15) is 10.7 Å². The molecule has 1 saturated heterocycles. The van der Waals surface area contributed by atoms with Crippen LogP contribution in [0.2, 0.25) is 0 Å². The van der Waals surface area contributed by atoms with Crippen LogP contribution < -0.4 is 0 Å². The average molecular weight is 408 g/mol. The molecule has 4 aromatic rings. The number of rotatable bonds is 3. The van der Waals surface area contributed by atoms with Crippen molar-refractivity contribution < 1.29 is 14.3 Å². The molecule has 2 N–H and O–H groups in total. The average Bonchev–Trinajstić information content (AvgIpc) is 3.41. The van der Waals surface area contributed by atoms with Crippen molar-refractivity contribution in [2.24, 2.45) is 0 Å². The first kappa shape index (κ1) is 18.0. The highest BCUT2D eigenvalue weighted by atomic mass is 32.1. The number of likely N-dealkylation sites (N-methyl/N-ethyl adjacent to an activating group) is 1. The maximum Gasteiger partial charge on any atom is 0.258 e. The van der Waals surface area contributed by atoms with Gasteiger partial charge in [0.2, 0.25) is 5.95 Å². The van der Waals surface area contributed by atoms with Gasteiger partial charge < -0.3 is 15.0 Å². The van der Waals surface area contributed by atoms with E-state index in [1.807, 2.05) is 6.07 Å². The molecule has 1 atom stereocenters. The first-order chi connectivity index (χ1) is 14.0. The number of aromatic amines is 1. The quantitative estimate of drug-likeness (QED) is 0.543. The molecule has 0 bridgehead atoms. The Labute approximate surface area is 169 Å². The SMILES string of the molecule is CN1CCC(O)(c2cccc(-c3nc(-c4c(F)[nH]c5ncccc45)cs3)c2)C1=O. The number of pyridine rings is 1. The number of carbonyl (C=O) groups is 1. The Bertz CT molecular complexity index is 1250. The molecule has 1 unspecified atom stereocenters. The molecule has 5 rings (SSSR count). The minimum atomic E-state index is -1.51. The fraction of sp³-hybridized carbons (Fsp3) is 0.190. The molecule has 1 aliphatic rings. The summed E-state index contributed by atoms with van der Waals surface area (Å²) in [7, 11) is 1.68. The van der Waals surface area contributed by atoms with E-state index in [4.69, 9.17) is 0 Å². The van der Waals surface area contributed by atoms with E-state index in [-0.39, 0.29) is 5.91 Å². The Kier molecular flexibility index (Phi) is 4.01. The number of benzene rings is 1. The number of hydrogen-bond acceptors (Lipinski definition) is 5. The summed E-state index contributed by atoms with van der Waals surface area (Å²) in [6, 6.07) is 10.8. The molecule has 1 amide bonds. The van der Waals surface area contributed by atoms with E-state index in [0.29, 0.717) is 45.8 Å². The van der Waals surface area contributed by atoms with Gasteiger partial charge in [-0.1, -0.05) is 18.2 Å². The van der Waals surface area contributed by atoms with Crippen LogP contribution >= 0.6 is 11.3 Å². The summed E-state index contributed by atoms with van der Waals surface area (Å²) < 4.78 is 14.5. The van der Waals surface area contributed by atoms with Crippen molar-refractivity contribution in [1.82, 2.24) is 19.9 Å². The van der Waals surface area contributed by atoms with E-state index in [1.54, 1.807) is 49.0 Å². The number of amides is 1. The number of hydrogen-bond donors (Lipinski definition) is 2. The van der Waals surface area contributed by atoms with E-state index in [1.165, 1.54) is 16.2 Å². The largest absolute Gasteiger partial charge is 0.375 e. The molecule has 0 aliphatic carbocycles. The molecule has 1 aliphatic heterocycles. The van der Waals surface area contributed by atoms with Crippen molar-refractivity contribution in [3.63, 3.8) is 0 Å². The molecule has 146 valence electrons. The molecule has 1 aromatic carbocycles. The first-order valence-corrected chi connectivity index (χ1v) is 10.0. The van der Waals surface area contributed by atoms with Gasteiger partial charge in [0.15, 0.2) is 5.60 Å². The highest BCUT2D eigenvalue weighted by Gasteiger charge is 2.45. The first-order valence-electron chi connectivity index (χ1n) is 9.14. The smallest absolute Gasteiger partial charge is 0.258 e. The second-order valence-corrected chi connectivity index (χ2v) is 8.03. The van der Waals surface area contributed by atoms with Gasteiger partial charge >= 0.3 is 0 Å². The van der Waals surface area contributed by atoms with Crippen LogP contribution in [0.1, 0.15) is 12.0 Å². The molecular weight excluding hydrogens is 391 g/mol. The van der Waals surface area contributed by atoms with E-state index in [0.717, 1.165) is 5.56 Å². The summed E-state index contributed by atoms with van der Waals surface area (Å²) in [5.74, 6) is -0.777. The molecule has 0 radical (unpaired) electrons. The van der Waals surface area contributed by atoms with Gasteiger partial charge in [-0.05, 0) is 23.8 Å². The van der Waals surface area contributed by atoms with Gasteiger partial charge in [-0.15, -0.1) is 11.3 Å². The molecule has 0 spiro atoms. The van der Waals surface area contributed by atoms with E-state index < -0.39 is 11.5 Å². The Balaban J connectivity index is 1.55. The van der Waals surface area contributed by atoms with Crippen molar-refractivity contribution in [2.75, 3.05) is 13.6 Å². The van der Waals surface area contributed by atoms with Crippen molar-refractivity contribution in [3.8, 4) is 21.8 Å². The lowest BCUT2D eigenvalue weighted by atomic mass is 9.91. The van der Waals surface area contributed by atoms with Crippen LogP contribution in [0.15, 0.2) is 48.0 Å². The highest BCUT2D eigenvalue weighted by Crippen LogP contribution is 2.37. The van der Waals surface area contributed by atoms with Gasteiger partial charge in [0.05, 0.1) is 11.3 Å². The highest BCUT2D eigenvalue weighted by molar-refractivity contribution is 7.13. The van der Waals surface area contributed by atoms with Crippen LogP contribution in [0.5, 0.6) is 0 Å². The van der Waals surface area contributed by atoms with Crippen LogP contribution in [0.25, 0.3) is 32.9 Å². The lowest BCUT2D eigenvalue weighted by molar-refractivity contribution is -0.143. The number of likely N-dealkylation sites (tertiary alicyclic amines) is 1. The van der Waals surface area contributed by atoms with Gasteiger partial charge in [0.25, 0.3) is 5.91 Å². The van der Waals surface area contributed by atoms with Crippen LogP contribution in [0, 0.1) is 5.95 Å². The Morgan fingerprint density at radius 2 is 2.17 bits per heavy atom. The topological polar surface area (TPSA) is 82.1 Å². The lowest BCUT2D eigenvalue weighted by Gasteiger charge is -2.21. The molecule has 4 heterocycles. The summed E-state index contributed by atoms with van der Waals surface area (Å²) in [5, 5.41) is 14.1. The zero-order valence-corrected chi connectivity index (χ0v) is 16.3. The fourth-order valence-electron chi connectivity index (χ4n) is 3.79. The molecule has 29 heavy (non-hydrogen) atoms. The number of nitrogens with one attached hydrogen (secondary N) is 1. The molecule has 8 heteroatoms. The Hall–Kier alpha value is -3.10. The molecule has 6 nitrogen and oxygen atoms in total. The van der Waals surface area contributed by atoms with Crippen LogP contribution in [0.4, 0.5) is 4.39 Å². The van der Waals surface area contributed by atoms with E-state index in [2.05, 4.69) is 15.0 Å². The number of nitrogens with zero attached hydrogens (tertiary/aromatic N) is 3. The van der Waals surface area contributed by atoms with Crippen LogP contribution in [0.3, 0.4) is 0 Å².